The van der Waals surface area contributed by atoms with Crippen molar-refractivity contribution in [2.24, 2.45) is 0 Å². The van der Waals surface area contributed by atoms with Crippen LogP contribution in [0, 0.1) is 0 Å². The number of nitrogens with one attached hydrogen (secondary N) is 1. The van der Waals surface area contributed by atoms with Gasteiger partial charge in [0.15, 0.2) is 0 Å². The van der Waals surface area contributed by atoms with E-state index in [1.54, 1.807) is 0 Å². The maximum absolute atomic E-state index is 3.63. The van der Waals surface area contributed by atoms with Crippen LogP contribution < -0.4 is 5.32 Å². The molecule has 84 valence electrons. The van der Waals surface area contributed by atoms with Gasteiger partial charge in [-0.05, 0) is 38.9 Å². The summed E-state index contributed by atoms with van der Waals surface area (Å²) in [5.74, 6) is 0. The quantitative estimate of drug-likeness (QED) is 0.729. The highest BCUT2D eigenvalue weighted by molar-refractivity contribution is 4.78. The van der Waals surface area contributed by atoms with Crippen molar-refractivity contribution in [1.82, 2.24) is 10.2 Å². The molecule has 1 aliphatic rings. The van der Waals surface area contributed by atoms with E-state index in [2.05, 4.69) is 31.0 Å². The molecule has 0 unspecified atom stereocenters. The van der Waals surface area contributed by atoms with Crippen LogP contribution in [0.15, 0.2) is 0 Å². The highest BCUT2D eigenvalue weighted by Crippen LogP contribution is 2.11. The summed E-state index contributed by atoms with van der Waals surface area (Å²) >= 11 is 0. The first-order valence-corrected chi connectivity index (χ1v) is 6.20. The van der Waals surface area contributed by atoms with Crippen LogP contribution in [0.25, 0.3) is 0 Å². The predicted molar refractivity (Wildman–Crippen MR) is 62.6 cm³/mol. The van der Waals surface area contributed by atoms with Crippen molar-refractivity contribution < 1.29 is 0 Å². The number of hydrogen-bond acceptors (Lipinski definition) is 2. The minimum absolute atomic E-state index is 0.641. The molecular weight excluding hydrogens is 172 g/mol. The van der Waals surface area contributed by atoms with Gasteiger partial charge in [0.25, 0.3) is 0 Å². The summed E-state index contributed by atoms with van der Waals surface area (Å²) in [6.07, 6.45) is 5.36. The van der Waals surface area contributed by atoms with Crippen LogP contribution in [-0.2, 0) is 0 Å². The minimum Gasteiger partial charge on any atom is -0.312 e. The Kier molecular flexibility index (Phi) is 5.49. The Balaban J connectivity index is 2.11. The van der Waals surface area contributed by atoms with E-state index in [0.717, 1.165) is 6.04 Å². The van der Waals surface area contributed by atoms with Crippen LogP contribution in [0.3, 0.4) is 0 Å². The third kappa shape index (κ3) is 4.43. The molecule has 2 nitrogen and oxygen atoms in total. The van der Waals surface area contributed by atoms with Crippen LogP contribution in [0.4, 0.5) is 0 Å². The van der Waals surface area contributed by atoms with Crippen LogP contribution in [0.1, 0.15) is 46.5 Å². The lowest BCUT2D eigenvalue weighted by Gasteiger charge is -2.33. The Labute approximate surface area is 89.1 Å². The zero-order valence-corrected chi connectivity index (χ0v) is 10.1. The fourth-order valence-corrected chi connectivity index (χ4v) is 2.18. The van der Waals surface area contributed by atoms with E-state index in [4.69, 9.17) is 0 Å². The third-order valence-electron chi connectivity index (χ3n) is 2.98. The zero-order chi connectivity index (χ0) is 10.4. The van der Waals surface area contributed by atoms with E-state index < -0.39 is 0 Å². The van der Waals surface area contributed by atoms with Gasteiger partial charge < -0.3 is 10.2 Å². The normalized spacial score (nSPS) is 20.6. The standard InChI is InChI=1S/C12H26N2/c1-4-5-8-14-9-6-12(7-10-14)13-11(2)3/h11-13H,4-10H2,1-3H3. The molecule has 0 amide bonds. The summed E-state index contributed by atoms with van der Waals surface area (Å²) in [6.45, 7) is 10.7. The van der Waals surface area contributed by atoms with Crippen LogP contribution in [0.5, 0.6) is 0 Å². The molecule has 1 saturated heterocycles. The molecule has 1 aliphatic heterocycles. The predicted octanol–water partition coefficient (Wildman–Crippen LogP) is 2.25. The van der Waals surface area contributed by atoms with Gasteiger partial charge in [0.2, 0.25) is 0 Å². The van der Waals surface area contributed by atoms with Crippen molar-refractivity contribution >= 4 is 0 Å². The molecule has 1 heterocycles. The van der Waals surface area contributed by atoms with Crippen LogP contribution in [-0.4, -0.2) is 36.6 Å². The second-order valence-electron chi connectivity index (χ2n) is 4.79. The van der Waals surface area contributed by atoms with Crippen molar-refractivity contribution in [2.75, 3.05) is 19.6 Å². The van der Waals surface area contributed by atoms with Crippen molar-refractivity contribution in [3.05, 3.63) is 0 Å². The highest BCUT2D eigenvalue weighted by Gasteiger charge is 2.18. The molecule has 0 aromatic heterocycles. The lowest BCUT2D eigenvalue weighted by molar-refractivity contribution is 0.191. The van der Waals surface area contributed by atoms with Crippen LogP contribution in [0.2, 0.25) is 0 Å². The Hall–Kier alpha value is -0.0800. The molecule has 0 spiro atoms. The lowest BCUT2D eigenvalue weighted by atomic mass is 10.0. The second-order valence-corrected chi connectivity index (χ2v) is 4.79. The SMILES string of the molecule is CCCCN1CCC(NC(C)C)CC1. The topological polar surface area (TPSA) is 15.3 Å². The Morgan fingerprint density at radius 3 is 2.43 bits per heavy atom. The van der Waals surface area contributed by atoms with Crippen molar-refractivity contribution in [3.63, 3.8) is 0 Å². The highest BCUT2D eigenvalue weighted by atomic mass is 15.1. The first-order chi connectivity index (χ1) is 6.72. The van der Waals surface area contributed by atoms with Gasteiger partial charge in [0, 0.05) is 12.1 Å². The van der Waals surface area contributed by atoms with Gasteiger partial charge in [-0.1, -0.05) is 27.2 Å². The molecule has 14 heavy (non-hydrogen) atoms. The Morgan fingerprint density at radius 2 is 1.93 bits per heavy atom. The summed E-state index contributed by atoms with van der Waals surface area (Å²) in [7, 11) is 0. The number of hydrogen-bond donors (Lipinski definition) is 1. The van der Waals surface area contributed by atoms with E-state index in [1.807, 2.05) is 0 Å². The molecule has 0 aromatic carbocycles. The largest absolute Gasteiger partial charge is 0.312 e. The summed E-state index contributed by atoms with van der Waals surface area (Å²) in [5.41, 5.74) is 0. The van der Waals surface area contributed by atoms with Gasteiger partial charge in [-0.25, -0.2) is 0 Å². The molecule has 1 rings (SSSR count). The number of nitrogens with zero attached hydrogens (tertiary/aromatic N) is 1. The number of rotatable bonds is 5. The second kappa shape index (κ2) is 6.41. The minimum atomic E-state index is 0.641. The van der Waals surface area contributed by atoms with Crippen molar-refractivity contribution in [3.8, 4) is 0 Å². The molecule has 1 N–H and O–H groups in total. The molecule has 0 saturated carbocycles. The maximum atomic E-state index is 3.63. The average Bonchev–Trinajstić information content (AvgIpc) is 2.16. The fraction of sp³-hybridized carbons (Fsp3) is 1.00. The molecule has 1 fully saturated rings. The van der Waals surface area contributed by atoms with E-state index in [-0.39, 0.29) is 0 Å². The van der Waals surface area contributed by atoms with E-state index in [1.165, 1.54) is 45.3 Å². The van der Waals surface area contributed by atoms with Gasteiger partial charge in [0.1, 0.15) is 0 Å². The van der Waals surface area contributed by atoms with Gasteiger partial charge in [-0.3, -0.25) is 0 Å². The molecule has 0 atom stereocenters. The summed E-state index contributed by atoms with van der Waals surface area (Å²) in [5, 5.41) is 3.63. The number of unbranched alkanes of at least 4 members (excludes halogenated alkanes) is 1. The smallest absolute Gasteiger partial charge is 0.00937 e. The van der Waals surface area contributed by atoms with E-state index in [0.29, 0.717) is 6.04 Å². The monoisotopic (exact) mass is 198 g/mol. The molecule has 2 heteroatoms. The summed E-state index contributed by atoms with van der Waals surface area (Å²) in [6, 6.07) is 1.41. The molecular formula is C12H26N2. The molecule has 0 aromatic rings. The summed E-state index contributed by atoms with van der Waals surface area (Å²) < 4.78 is 0. The van der Waals surface area contributed by atoms with E-state index in [9.17, 15) is 0 Å². The first-order valence-electron chi connectivity index (χ1n) is 6.20. The molecule has 0 radical (unpaired) electrons. The molecule has 0 bridgehead atoms. The van der Waals surface area contributed by atoms with Gasteiger partial charge >= 0.3 is 0 Å². The summed E-state index contributed by atoms with van der Waals surface area (Å²) in [4.78, 5) is 2.61. The lowest BCUT2D eigenvalue weighted by Crippen LogP contribution is -2.44. The van der Waals surface area contributed by atoms with Crippen LogP contribution >= 0.6 is 0 Å². The van der Waals surface area contributed by atoms with Gasteiger partial charge in [-0.15, -0.1) is 0 Å². The average molecular weight is 198 g/mol. The maximum Gasteiger partial charge on any atom is 0.00937 e. The van der Waals surface area contributed by atoms with Crippen molar-refractivity contribution in [1.29, 1.82) is 0 Å². The van der Waals surface area contributed by atoms with Gasteiger partial charge in [-0.2, -0.15) is 0 Å². The van der Waals surface area contributed by atoms with Crippen molar-refractivity contribution in [2.45, 2.75) is 58.5 Å². The fourth-order valence-electron chi connectivity index (χ4n) is 2.18. The number of likely N-dealkylation sites (tertiary alicyclic amines) is 1. The molecule has 0 aliphatic carbocycles. The van der Waals surface area contributed by atoms with Gasteiger partial charge in [0.05, 0.1) is 0 Å². The Bertz CT molecular complexity index is 137. The van der Waals surface area contributed by atoms with E-state index >= 15 is 0 Å². The number of piperidine rings is 1. The third-order valence-corrected chi connectivity index (χ3v) is 2.98. The zero-order valence-electron chi connectivity index (χ0n) is 10.1. The Morgan fingerprint density at radius 1 is 1.29 bits per heavy atom. The first kappa shape index (κ1) is 12.0.